The number of ether oxygens (including phenoxy) is 2. The van der Waals surface area contributed by atoms with E-state index in [0.29, 0.717) is 6.54 Å². The molecular formula is C21H31N5O3S. The number of aromatic amines is 1. The molecule has 164 valence electrons. The molecule has 1 amide bonds. The van der Waals surface area contributed by atoms with Crippen LogP contribution in [0.25, 0.3) is 0 Å². The number of aromatic nitrogens is 2. The van der Waals surface area contributed by atoms with Gasteiger partial charge in [-0.1, -0.05) is 0 Å². The zero-order valence-electron chi connectivity index (χ0n) is 17.8. The lowest BCUT2D eigenvalue weighted by Gasteiger charge is -2.28. The maximum Gasteiger partial charge on any atom is 0.261 e. The summed E-state index contributed by atoms with van der Waals surface area (Å²) in [7, 11) is 0. The molecule has 2 saturated heterocycles. The van der Waals surface area contributed by atoms with Crippen molar-refractivity contribution in [3.63, 3.8) is 0 Å². The Balaban J connectivity index is 1.47. The Morgan fingerprint density at radius 1 is 1.17 bits per heavy atom. The van der Waals surface area contributed by atoms with Crippen molar-refractivity contribution in [3.05, 3.63) is 33.5 Å². The smallest absolute Gasteiger partial charge is 0.261 e. The van der Waals surface area contributed by atoms with Crippen LogP contribution in [-0.4, -0.2) is 86.7 Å². The highest BCUT2D eigenvalue weighted by Crippen LogP contribution is 2.34. The highest BCUT2D eigenvalue weighted by atomic mass is 32.1. The average Bonchev–Trinajstić information content (AvgIpc) is 3.34. The second kappa shape index (κ2) is 9.91. The van der Waals surface area contributed by atoms with Gasteiger partial charge in [0.1, 0.15) is 0 Å². The van der Waals surface area contributed by atoms with Gasteiger partial charge in [-0.05, 0) is 25.5 Å². The number of hydrogen-bond acceptors (Lipinski definition) is 7. The molecular weight excluding hydrogens is 402 g/mol. The molecule has 4 rings (SSSR count). The molecule has 0 atom stereocenters. The first-order chi connectivity index (χ1) is 14.6. The molecule has 0 saturated carbocycles. The second-order valence-corrected chi connectivity index (χ2v) is 8.87. The average molecular weight is 434 g/mol. The largest absolute Gasteiger partial charge is 0.379 e. The van der Waals surface area contributed by atoms with Crippen LogP contribution in [0.4, 0.5) is 5.00 Å². The maximum absolute atomic E-state index is 12.9. The third-order valence-electron chi connectivity index (χ3n) is 5.77. The van der Waals surface area contributed by atoms with Crippen LogP contribution in [0.2, 0.25) is 0 Å². The van der Waals surface area contributed by atoms with Crippen LogP contribution in [-0.2, 0) is 15.9 Å². The standard InChI is InChI=1S/C21H31N5O3S/c1-15-18(16(2)24-23-15)13-17-14-19(30-21(17)26-7-11-29-12-8-26)20(27)22-3-4-25-5-9-28-10-6-25/h14H,3-13H2,1-2H3,(H,22,27)(H,23,24). The number of nitrogens with one attached hydrogen (secondary N) is 2. The predicted molar refractivity (Wildman–Crippen MR) is 118 cm³/mol. The minimum atomic E-state index is 0.00894. The van der Waals surface area contributed by atoms with Crippen molar-refractivity contribution in [3.8, 4) is 0 Å². The van der Waals surface area contributed by atoms with E-state index in [2.05, 4.69) is 38.3 Å². The van der Waals surface area contributed by atoms with Crippen LogP contribution >= 0.6 is 11.3 Å². The molecule has 2 fully saturated rings. The molecule has 0 aliphatic carbocycles. The van der Waals surface area contributed by atoms with Crippen molar-refractivity contribution in [1.29, 1.82) is 0 Å². The van der Waals surface area contributed by atoms with Gasteiger partial charge in [-0.3, -0.25) is 14.8 Å². The Labute approximate surface area is 181 Å². The van der Waals surface area contributed by atoms with Gasteiger partial charge in [0.25, 0.3) is 5.91 Å². The van der Waals surface area contributed by atoms with Gasteiger partial charge in [0.05, 0.1) is 42.0 Å². The zero-order chi connectivity index (χ0) is 20.9. The number of morpholine rings is 2. The maximum atomic E-state index is 12.9. The van der Waals surface area contributed by atoms with E-state index >= 15 is 0 Å². The third kappa shape index (κ3) is 5.03. The molecule has 0 radical (unpaired) electrons. The van der Waals surface area contributed by atoms with E-state index in [1.54, 1.807) is 11.3 Å². The normalized spacial score (nSPS) is 18.0. The number of carbonyl (C=O) groups is 1. The fourth-order valence-electron chi connectivity index (χ4n) is 3.96. The molecule has 2 aliphatic rings. The molecule has 2 aromatic heterocycles. The van der Waals surface area contributed by atoms with Crippen molar-refractivity contribution in [2.75, 3.05) is 70.6 Å². The quantitative estimate of drug-likeness (QED) is 0.690. The van der Waals surface area contributed by atoms with Gasteiger partial charge < -0.3 is 19.7 Å². The van der Waals surface area contributed by atoms with Crippen molar-refractivity contribution in [1.82, 2.24) is 20.4 Å². The highest BCUT2D eigenvalue weighted by molar-refractivity contribution is 7.18. The Morgan fingerprint density at radius 2 is 1.87 bits per heavy atom. The third-order valence-corrected chi connectivity index (χ3v) is 7.01. The first-order valence-corrected chi connectivity index (χ1v) is 11.5. The van der Waals surface area contributed by atoms with E-state index in [0.717, 1.165) is 81.8 Å². The molecule has 0 bridgehead atoms. The number of rotatable bonds is 7. The SMILES string of the molecule is Cc1n[nH]c(C)c1Cc1cc(C(=O)NCCN2CCOCC2)sc1N1CCOCC1. The summed E-state index contributed by atoms with van der Waals surface area (Å²) in [5.74, 6) is 0.00894. The summed E-state index contributed by atoms with van der Waals surface area (Å²) in [6.45, 7) is 12.2. The van der Waals surface area contributed by atoms with Crippen LogP contribution in [0.1, 0.15) is 32.2 Å². The van der Waals surface area contributed by atoms with E-state index in [1.165, 1.54) is 16.1 Å². The molecule has 8 nitrogen and oxygen atoms in total. The molecule has 30 heavy (non-hydrogen) atoms. The number of hydrogen-bond donors (Lipinski definition) is 2. The molecule has 0 unspecified atom stereocenters. The number of carbonyl (C=O) groups excluding carboxylic acids is 1. The van der Waals surface area contributed by atoms with Gasteiger partial charge in [0, 0.05) is 56.9 Å². The van der Waals surface area contributed by atoms with Crippen molar-refractivity contribution in [2.45, 2.75) is 20.3 Å². The van der Waals surface area contributed by atoms with Crippen molar-refractivity contribution >= 4 is 22.2 Å². The summed E-state index contributed by atoms with van der Waals surface area (Å²) >= 11 is 1.59. The van der Waals surface area contributed by atoms with Gasteiger partial charge in [-0.15, -0.1) is 11.3 Å². The summed E-state index contributed by atoms with van der Waals surface area (Å²) in [5.41, 5.74) is 4.50. The Hall–Kier alpha value is -1.94. The molecule has 2 N–H and O–H groups in total. The lowest BCUT2D eigenvalue weighted by Crippen LogP contribution is -2.41. The molecule has 9 heteroatoms. The number of amides is 1. The lowest BCUT2D eigenvalue weighted by molar-refractivity contribution is 0.0383. The fourth-order valence-corrected chi connectivity index (χ4v) is 5.10. The monoisotopic (exact) mass is 433 g/mol. The number of aryl methyl sites for hydroxylation is 2. The number of thiophene rings is 1. The molecule has 4 heterocycles. The van der Waals surface area contributed by atoms with Crippen LogP contribution in [0.5, 0.6) is 0 Å². The Bertz CT molecular complexity index is 833. The van der Waals surface area contributed by atoms with Crippen LogP contribution in [0.15, 0.2) is 6.07 Å². The first-order valence-electron chi connectivity index (χ1n) is 10.7. The van der Waals surface area contributed by atoms with Gasteiger partial charge in [0.15, 0.2) is 0 Å². The summed E-state index contributed by atoms with van der Waals surface area (Å²) < 4.78 is 10.9. The zero-order valence-corrected chi connectivity index (χ0v) is 18.6. The van der Waals surface area contributed by atoms with Gasteiger partial charge in [-0.2, -0.15) is 5.10 Å². The summed E-state index contributed by atoms with van der Waals surface area (Å²) in [6, 6.07) is 2.06. The highest BCUT2D eigenvalue weighted by Gasteiger charge is 2.22. The Morgan fingerprint density at radius 3 is 2.53 bits per heavy atom. The predicted octanol–water partition coefficient (Wildman–Crippen LogP) is 1.58. The van der Waals surface area contributed by atoms with E-state index in [-0.39, 0.29) is 5.91 Å². The van der Waals surface area contributed by atoms with E-state index in [1.807, 2.05) is 6.92 Å². The van der Waals surface area contributed by atoms with Gasteiger partial charge >= 0.3 is 0 Å². The van der Waals surface area contributed by atoms with Crippen LogP contribution in [0, 0.1) is 13.8 Å². The van der Waals surface area contributed by atoms with Crippen molar-refractivity contribution in [2.24, 2.45) is 0 Å². The number of nitrogens with zero attached hydrogens (tertiary/aromatic N) is 3. The Kier molecular flexibility index (Phi) is 7.04. The van der Waals surface area contributed by atoms with E-state index in [9.17, 15) is 4.79 Å². The molecule has 2 aliphatic heterocycles. The van der Waals surface area contributed by atoms with Crippen molar-refractivity contribution < 1.29 is 14.3 Å². The summed E-state index contributed by atoms with van der Waals surface area (Å²) in [6.07, 6.45) is 0.776. The van der Waals surface area contributed by atoms with Crippen LogP contribution < -0.4 is 10.2 Å². The van der Waals surface area contributed by atoms with E-state index < -0.39 is 0 Å². The topological polar surface area (TPSA) is 82.7 Å². The first kappa shape index (κ1) is 21.3. The summed E-state index contributed by atoms with van der Waals surface area (Å²) in [4.78, 5) is 18.3. The minimum absolute atomic E-state index is 0.00894. The van der Waals surface area contributed by atoms with E-state index in [4.69, 9.17) is 9.47 Å². The fraction of sp³-hybridized carbons (Fsp3) is 0.619. The van der Waals surface area contributed by atoms with Crippen LogP contribution in [0.3, 0.4) is 0 Å². The number of H-pyrrole nitrogens is 1. The molecule has 0 spiro atoms. The van der Waals surface area contributed by atoms with Gasteiger partial charge in [0.2, 0.25) is 0 Å². The lowest BCUT2D eigenvalue weighted by atomic mass is 10.0. The second-order valence-electron chi connectivity index (χ2n) is 7.84. The molecule has 2 aromatic rings. The number of anilines is 1. The summed E-state index contributed by atoms with van der Waals surface area (Å²) in [5, 5.41) is 11.7. The molecule has 0 aromatic carbocycles. The minimum Gasteiger partial charge on any atom is -0.379 e. The van der Waals surface area contributed by atoms with Gasteiger partial charge in [-0.25, -0.2) is 0 Å².